The van der Waals surface area contributed by atoms with Crippen molar-refractivity contribution in [2.24, 2.45) is 5.73 Å². The summed E-state index contributed by atoms with van der Waals surface area (Å²) in [4.78, 5) is 12.8. The van der Waals surface area contributed by atoms with Crippen LogP contribution in [0.2, 0.25) is 0 Å². The molecule has 2 atom stereocenters. The zero-order valence-electron chi connectivity index (χ0n) is 12.7. The van der Waals surface area contributed by atoms with Crippen molar-refractivity contribution in [1.29, 1.82) is 0 Å². The van der Waals surface area contributed by atoms with Gasteiger partial charge in [-0.2, -0.15) is 12.7 Å². The van der Waals surface area contributed by atoms with Crippen molar-refractivity contribution in [1.82, 2.24) is 13.9 Å². The molecule has 1 aliphatic heterocycles. The van der Waals surface area contributed by atoms with Crippen LogP contribution < -0.4 is 10.5 Å². The lowest BCUT2D eigenvalue weighted by atomic mass is 10.1. The molecule has 0 radical (unpaired) electrons. The zero-order valence-corrected chi connectivity index (χ0v) is 13.5. The van der Waals surface area contributed by atoms with Crippen LogP contribution in [-0.2, 0) is 15.0 Å². The SMILES string of the molecule is CN1CCCC1CCNS(=O)(=O)N(C)CC[C@H](N)C(=O)O. The van der Waals surface area contributed by atoms with E-state index in [1.54, 1.807) is 0 Å². The van der Waals surface area contributed by atoms with Gasteiger partial charge < -0.3 is 15.7 Å². The molecule has 0 spiro atoms. The molecule has 8 nitrogen and oxygen atoms in total. The van der Waals surface area contributed by atoms with Gasteiger partial charge >= 0.3 is 5.97 Å². The van der Waals surface area contributed by atoms with E-state index in [1.165, 1.54) is 7.05 Å². The summed E-state index contributed by atoms with van der Waals surface area (Å²) < 4.78 is 27.6. The minimum absolute atomic E-state index is 0.0755. The van der Waals surface area contributed by atoms with Gasteiger partial charge in [0.1, 0.15) is 6.04 Å². The number of carboxylic acids is 1. The molecule has 0 bridgehead atoms. The average molecular weight is 322 g/mol. The molecule has 0 amide bonds. The van der Waals surface area contributed by atoms with Crippen molar-refractivity contribution in [3.8, 4) is 0 Å². The lowest BCUT2D eigenvalue weighted by Gasteiger charge is -2.21. The number of carboxylic acid groups (broad SMARTS) is 1. The molecule has 0 aromatic heterocycles. The summed E-state index contributed by atoms with van der Waals surface area (Å²) in [6, 6.07) is -0.617. The lowest BCUT2D eigenvalue weighted by Crippen LogP contribution is -2.42. The Morgan fingerprint density at radius 1 is 1.57 bits per heavy atom. The minimum Gasteiger partial charge on any atom is -0.480 e. The molecule has 1 saturated heterocycles. The molecule has 1 aliphatic rings. The van der Waals surface area contributed by atoms with Gasteiger partial charge in [0.05, 0.1) is 0 Å². The molecule has 0 aliphatic carbocycles. The maximum Gasteiger partial charge on any atom is 0.320 e. The summed E-state index contributed by atoms with van der Waals surface area (Å²) in [6.45, 7) is 1.52. The molecule has 1 rings (SSSR count). The summed E-state index contributed by atoms with van der Waals surface area (Å²) in [6.07, 6.45) is 3.11. The van der Waals surface area contributed by atoms with E-state index in [1.807, 2.05) is 7.05 Å². The highest BCUT2D eigenvalue weighted by molar-refractivity contribution is 7.87. The number of aliphatic carboxylic acids is 1. The number of carbonyl (C=O) groups is 1. The monoisotopic (exact) mass is 322 g/mol. The van der Waals surface area contributed by atoms with E-state index in [-0.39, 0.29) is 13.0 Å². The number of hydrogen-bond donors (Lipinski definition) is 3. The second-order valence-electron chi connectivity index (χ2n) is 5.52. The Hall–Kier alpha value is -0.740. The number of rotatable bonds is 9. The van der Waals surface area contributed by atoms with Crippen molar-refractivity contribution >= 4 is 16.2 Å². The van der Waals surface area contributed by atoms with Crippen LogP contribution in [0.5, 0.6) is 0 Å². The number of likely N-dealkylation sites (tertiary alicyclic amines) is 1. The topological polar surface area (TPSA) is 116 Å². The van der Waals surface area contributed by atoms with Gasteiger partial charge in [0, 0.05) is 26.2 Å². The summed E-state index contributed by atoms with van der Waals surface area (Å²) in [7, 11) is -0.112. The highest BCUT2D eigenvalue weighted by Gasteiger charge is 2.23. The summed E-state index contributed by atoms with van der Waals surface area (Å²) >= 11 is 0. The third kappa shape index (κ3) is 5.87. The Morgan fingerprint density at radius 3 is 2.76 bits per heavy atom. The van der Waals surface area contributed by atoms with Crippen LogP contribution >= 0.6 is 0 Å². The first-order chi connectivity index (χ1) is 9.74. The van der Waals surface area contributed by atoms with Crippen LogP contribution in [-0.4, -0.2) is 74.5 Å². The Balaban J connectivity index is 2.32. The number of nitrogens with two attached hydrogens (primary N) is 1. The third-order valence-corrected chi connectivity index (χ3v) is 5.49. The van der Waals surface area contributed by atoms with Crippen molar-refractivity contribution in [3.05, 3.63) is 0 Å². The fraction of sp³-hybridized carbons (Fsp3) is 0.917. The molecule has 21 heavy (non-hydrogen) atoms. The van der Waals surface area contributed by atoms with Gasteiger partial charge in [-0.1, -0.05) is 0 Å². The first-order valence-electron chi connectivity index (χ1n) is 7.13. The standard InChI is InChI=1S/C12H26N4O4S/c1-15-8-3-4-10(15)5-7-14-21(19,20)16(2)9-6-11(13)12(17)18/h10-11,14H,3-9,13H2,1-2H3,(H,17,18)/t10?,11-/m0/s1. The quantitative estimate of drug-likeness (QED) is 0.503. The van der Waals surface area contributed by atoms with Crippen molar-refractivity contribution in [3.63, 3.8) is 0 Å². The van der Waals surface area contributed by atoms with Crippen LogP contribution in [0.15, 0.2) is 0 Å². The van der Waals surface area contributed by atoms with Gasteiger partial charge in [0.2, 0.25) is 0 Å². The largest absolute Gasteiger partial charge is 0.480 e. The zero-order chi connectivity index (χ0) is 16.0. The summed E-state index contributed by atoms with van der Waals surface area (Å²) in [5, 5.41) is 8.67. The first-order valence-corrected chi connectivity index (χ1v) is 8.57. The third-order valence-electron chi connectivity index (χ3n) is 3.92. The Kier molecular flexibility index (Phi) is 7.01. The molecule has 124 valence electrons. The second-order valence-corrected chi connectivity index (χ2v) is 7.38. The van der Waals surface area contributed by atoms with E-state index >= 15 is 0 Å². The maximum absolute atomic E-state index is 12.0. The molecule has 0 saturated carbocycles. The fourth-order valence-corrected chi connectivity index (χ4v) is 3.32. The Bertz CT molecular complexity index is 443. The van der Waals surface area contributed by atoms with Gasteiger partial charge in [-0.15, -0.1) is 0 Å². The summed E-state index contributed by atoms with van der Waals surface area (Å²) in [5.74, 6) is -1.13. The van der Waals surface area contributed by atoms with Crippen LogP contribution in [0, 0.1) is 0 Å². The van der Waals surface area contributed by atoms with Crippen LogP contribution in [0.25, 0.3) is 0 Å². The van der Waals surface area contributed by atoms with Crippen molar-refractivity contribution < 1.29 is 18.3 Å². The van der Waals surface area contributed by atoms with Crippen LogP contribution in [0.4, 0.5) is 0 Å². The van der Waals surface area contributed by atoms with E-state index in [4.69, 9.17) is 10.8 Å². The minimum atomic E-state index is -3.57. The Labute approximate surface area is 126 Å². The smallest absolute Gasteiger partial charge is 0.320 e. The first kappa shape index (κ1) is 18.3. The van der Waals surface area contributed by atoms with E-state index in [0.717, 1.165) is 30.1 Å². The normalized spacial score (nSPS) is 21.8. The van der Waals surface area contributed by atoms with Crippen molar-refractivity contribution in [2.75, 3.05) is 33.7 Å². The number of hydrogen-bond acceptors (Lipinski definition) is 5. The predicted molar refractivity (Wildman–Crippen MR) is 80.0 cm³/mol. The molecule has 1 fully saturated rings. The second kappa shape index (κ2) is 8.04. The highest BCUT2D eigenvalue weighted by Crippen LogP contribution is 2.17. The van der Waals surface area contributed by atoms with E-state index in [0.29, 0.717) is 12.6 Å². The van der Waals surface area contributed by atoms with Gasteiger partial charge in [-0.25, -0.2) is 4.72 Å². The number of nitrogens with one attached hydrogen (secondary N) is 1. The summed E-state index contributed by atoms with van der Waals surface area (Å²) in [5.41, 5.74) is 5.36. The molecular formula is C12H26N4O4S. The highest BCUT2D eigenvalue weighted by atomic mass is 32.2. The van der Waals surface area contributed by atoms with E-state index < -0.39 is 22.2 Å². The maximum atomic E-state index is 12.0. The molecule has 0 aromatic carbocycles. The number of nitrogens with zero attached hydrogens (tertiary/aromatic N) is 2. The van der Waals surface area contributed by atoms with Gasteiger partial charge in [0.15, 0.2) is 0 Å². The molecule has 1 unspecified atom stereocenters. The molecular weight excluding hydrogens is 296 g/mol. The Morgan fingerprint density at radius 2 is 2.24 bits per heavy atom. The van der Waals surface area contributed by atoms with E-state index in [2.05, 4.69) is 9.62 Å². The lowest BCUT2D eigenvalue weighted by molar-refractivity contribution is -0.138. The molecule has 1 heterocycles. The van der Waals surface area contributed by atoms with Crippen molar-refractivity contribution in [2.45, 2.75) is 37.8 Å². The van der Waals surface area contributed by atoms with Gasteiger partial charge in [0.25, 0.3) is 10.2 Å². The fourth-order valence-electron chi connectivity index (χ4n) is 2.37. The predicted octanol–water partition coefficient (Wildman–Crippen LogP) is -0.961. The molecule has 9 heteroatoms. The van der Waals surface area contributed by atoms with E-state index in [9.17, 15) is 13.2 Å². The molecule has 0 aromatic rings. The molecule has 4 N–H and O–H groups in total. The van der Waals surface area contributed by atoms with Gasteiger partial charge in [-0.3, -0.25) is 4.79 Å². The van der Waals surface area contributed by atoms with Crippen LogP contribution in [0.1, 0.15) is 25.7 Å². The average Bonchev–Trinajstić information content (AvgIpc) is 2.80. The van der Waals surface area contributed by atoms with Gasteiger partial charge in [-0.05, 0) is 39.3 Å². The van der Waals surface area contributed by atoms with Crippen LogP contribution in [0.3, 0.4) is 0 Å².